The Labute approximate surface area is 128 Å². The summed E-state index contributed by atoms with van der Waals surface area (Å²) in [4.78, 5) is 12.2. The van der Waals surface area contributed by atoms with Gasteiger partial charge in [0.1, 0.15) is 5.75 Å². The van der Waals surface area contributed by atoms with Crippen molar-refractivity contribution in [1.29, 1.82) is 0 Å². The lowest BCUT2D eigenvalue weighted by Gasteiger charge is -2.20. The lowest BCUT2D eigenvalue weighted by atomic mass is 10.0. The van der Waals surface area contributed by atoms with Crippen LogP contribution in [-0.4, -0.2) is 19.1 Å². The summed E-state index contributed by atoms with van der Waals surface area (Å²) in [5.41, 5.74) is 7.01. The molecule has 20 heavy (non-hydrogen) atoms. The first-order valence-corrected chi connectivity index (χ1v) is 7.71. The highest BCUT2D eigenvalue weighted by Gasteiger charge is 2.30. The zero-order chi connectivity index (χ0) is 14.7. The van der Waals surface area contributed by atoms with Crippen LogP contribution >= 0.6 is 15.9 Å². The first-order valence-electron chi connectivity index (χ1n) is 6.92. The second-order valence-corrected chi connectivity index (χ2v) is 6.18. The maximum Gasteiger partial charge on any atom is 0.225 e. The van der Waals surface area contributed by atoms with Crippen molar-refractivity contribution < 1.29 is 9.53 Å². The fraction of sp³-hybridized carbons (Fsp3) is 0.533. The second kappa shape index (κ2) is 6.59. The van der Waals surface area contributed by atoms with Crippen LogP contribution in [0.3, 0.4) is 0 Å². The molecule has 4 nitrogen and oxygen atoms in total. The van der Waals surface area contributed by atoms with Gasteiger partial charge in [0, 0.05) is 6.04 Å². The highest BCUT2D eigenvalue weighted by Crippen LogP contribution is 2.29. The average Bonchev–Trinajstić information content (AvgIpc) is 2.84. The minimum absolute atomic E-state index is 0.00445. The van der Waals surface area contributed by atoms with Gasteiger partial charge in [0.05, 0.1) is 23.5 Å². The van der Waals surface area contributed by atoms with E-state index >= 15 is 0 Å². The number of nitrogens with one attached hydrogen (secondary N) is 1. The fourth-order valence-electron chi connectivity index (χ4n) is 2.67. The molecular formula is C15H21BrN2O2. The van der Waals surface area contributed by atoms with Gasteiger partial charge in [-0.05, 0) is 53.4 Å². The van der Waals surface area contributed by atoms with Crippen LogP contribution < -0.4 is 15.8 Å². The van der Waals surface area contributed by atoms with Crippen molar-refractivity contribution in [3.05, 3.63) is 28.2 Å². The topological polar surface area (TPSA) is 64.3 Å². The van der Waals surface area contributed by atoms with Crippen molar-refractivity contribution >= 4 is 21.8 Å². The number of benzene rings is 1. The number of carbonyl (C=O) groups excluding carboxylic acids is 1. The Kier molecular flexibility index (Phi) is 5.05. The van der Waals surface area contributed by atoms with Gasteiger partial charge >= 0.3 is 0 Å². The molecule has 3 atom stereocenters. The molecule has 3 unspecified atom stereocenters. The van der Waals surface area contributed by atoms with Gasteiger partial charge in [-0.25, -0.2) is 0 Å². The second-order valence-electron chi connectivity index (χ2n) is 5.33. The van der Waals surface area contributed by atoms with Crippen molar-refractivity contribution in [2.75, 3.05) is 7.11 Å². The van der Waals surface area contributed by atoms with E-state index in [1.165, 1.54) is 0 Å². The van der Waals surface area contributed by atoms with E-state index < -0.39 is 0 Å². The summed E-state index contributed by atoms with van der Waals surface area (Å²) in [6.07, 6.45) is 2.88. The summed E-state index contributed by atoms with van der Waals surface area (Å²) in [5, 5.41) is 3.05. The maximum atomic E-state index is 12.2. The lowest BCUT2D eigenvalue weighted by Crippen LogP contribution is -2.39. The van der Waals surface area contributed by atoms with Crippen molar-refractivity contribution in [2.45, 2.75) is 38.3 Å². The Hall–Kier alpha value is -1.07. The molecule has 1 fully saturated rings. The molecule has 110 valence electrons. The van der Waals surface area contributed by atoms with E-state index in [2.05, 4.69) is 21.2 Å². The highest BCUT2D eigenvalue weighted by molar-refractivity contribution is 9.10. The molecule has 0 heterocycles. The van der Waals surface area contributed by atoms with Crippen molar-refractivity contribution in [3.63, 3.8) is 0 Å². The van der Waals surface area contributed by atoms with E-state index in [0.717, 1.165) is 35.0 Å². The quantitative estimate of drug-likeness (QED) is 0.885. The molecule has 0 aromatic heterocycles. The number of hydrogen-bond acceptors (Lipinski definition) is 3. The number of hydrogen-bond donors (Lipinski definition) is 2. The normalized spacial score (nSPS) is 23.4. The van der Waals surface area contributed by atoms with Crippen molar-refractivity contribution in [2.24, 2.45) is 11.7 Å². The van der Waals surface area contributed by atoms with Crippen LogP contribution in [0.2, 0.25) is 0 Å². The number of amides is 1. The lowest BCUT2D eigenvalue weighted by molar-refractivity contribution is -0.125. The van der Waals surface area contributed by atoms with E-state index in [1.54, 1.807) is 7.11 Å². The number of carbonyl (C=O) groups is 1. The molecule has 0 radical (unpaired) electrons. The van der Waals surface area contributed by atoms with Crippen molar-refractivity contribution in [3.8, 4) is 5.75 Å². The Morgan fingerprint density at radius 3 is 2.80 bits per heavy atom. The van der Waals surface area contributed by atoms with Gasteiger partial charge in [-0.2, -0.15) is 0 Å². The molecular weight excluding hydrogens is 320 g/mol. The van der Waals surface area contributed by atoms with E-state index in [0.29, 0.717) is 0 Å². The molecule has 3 N–H and O–H groups in total. The minimum Gasteiger partial charge on any atom is -0.496 e. The third-order valence-corrected chi connectivity index (χ3v) is 4.56. The van der Waals surface area contributed by atoms with Gasteiger partial charge < -0.3 is 15.8 Å². The molecule has 2 rings (SSSR count). The molecule has 1 aliphatic carbocycles. The molecule has 5 heteroatoms. The van der Waals surface area contributed by atoms with Gasteiger partial charge in [-0.15, -0.1) is 0 Å². The third kappa shape index (κ3) is 3.33. The fourth-order valence-corrected chi connectivity index (χ4v) is 3.23. The Balaban J connectivity index is 2.02. The SMILES string of the molecule is COc1ccc(C(C)NC(=O)C2CCCC2N)cc1Br. The largest absolute Gasteiger partial charge is 0.496 e. The zero-order valence-corrected chi connectivity index (χ0v) is 13.4. The smallest absolute Gasteiger partial charge is 0.225 e. The number of nitrogens with two attached hydrogens (primary N) is 1. The molecule has 0 saturated heterocycles. The summed E-state index contributed by atoms with van der Waals surface area (Å²) < 4.78 is 6.09. The predicted molar refractivity (Wildman–Crippen MR) is 82.6 cm³/mol. The minimum atomic E-state index is -0.0440. The van der Waals surface area contributed by atoms with E-state index in [-0.39, 0.29) is 23.9 Å². The van der Waals surface area contributed by atoms with Crippen LogP contribution in [-0.2, 0) is 4.79 Å². The molecule has 0 aliphatic heterocycles. The molecule has 1 amide bonds. The summed E-state index contributed by atoms with van der Waals surface area (Å²) in [6.45, 7) is 1.98. The number of rotatable bonds is 4. The standard InChI is InChI=1S/C15H21BrN2O2/c1-9(10-6-7-14(20-2)12(16)8-10)18-15(19)11-4-3-5-13(11)17/h6-9,11,13H,3-5,17H2,1-2H3,(H,18,19). The Bertz CT molecular complexity index is 493. The maximum absolute atomic E-state index is 12.2. The Morgan fingerprint density at radius 1 is 1.50 bits per heavy atom. The van der Waals surface area contributed by atoms with Gasteiger partial charge in [0.15, 0.2) is 0 Å². The van der Waals surface area contributed by atoms with E-state index in [1.807, 2.05) is 25.1 Å². The summed E-state index contributed by atoms with van der Waals surface area (Å²) >= 11 is 3.46. The van der Waals surface area contributed by atoms with Crippen LogP contribution in [0.4, 0.5) is 0 Å². The molecule has 1 aromatic carbocycles. The average molecular weight is 341 g/mol. The Morgan fingerprint density at radius 2 is 2.25 bits per heavy atom. The summed E-state index contributed by atoms with van der Waals surface area (Å²) in [6, 6.07) is 5.78. The number of halogens is 1. The van der Waals surface area contributed by atoms with E-state index in [9.17, 15) is 4.79 Å². The third-order valence-electron chi connectivity index (χ3n) is 3.94. The van der Waals surface area contributed by atoms with Gasteiger partial charge in [-0.1, -0.05) is 12.5 Å². The van der Waals surface area contributed by atoms with Gasteiger partial charge in [-0.3, -0.25) is 4.79 Å². The van der Waals surface area contributed by atoms with Crippen LogP contribution in [0.5, 0.6) is 5.75 Å². The summed E-state index contributed by atoms with van der Waals surface area (Å²) in [5.74, 6) is 0.804. The first kappa shape index (κ1) is 15.3. The molecule has 0 bridgehead atoms. The number of methoxy groups -OCH3 is 1. The van der Waals surface area contributed by atoms with Gasteiger partial charge in [0.25, 0.3) is 0 Å². The molecule has 0 spiro atoms. The van der Waals surface area contributed by atoms with Crippen LogP contribution in [0.15, 0.2) is 22.7 Å². The first-order chi connectivity index (χ1) is 9.52. The molecule has 1 aromatic rings. The van der Waals surface area contributed by atoms with E-state index in [4.69, 9.17) is 10.5 Å². The zero-order valence-electron chi connectivity index (χ0n) is 11.9. The summed E-state index contributed by atoms with van der Waals surface area (Å²) in [7, 11) is 1.63. The van der Waals surface area contributed by atoms with Crippen LogP contribution in [0.25, 0.3) is 0 Å². The monoisotopic (exact) mass is 340 g/mol. The molecule has 1 aliphatic rings. The predicted octanol–water partition coefficient (Wildman–Crippen LogP) is 2.76. The molecule has 1 saturated carbocycles. The van der Waals surface area contributed by atoms with Gasteiger partial charge in [0.2, 0.25) is 5.91 Å². The van der Waals surface area contributed by atoms with Crippen LogP contribution in [0.1, 0.15) is 37.8 Å². The number of ether oxygens (including phenoxy) is 1. The van der Waals surface area contributed by atoms with Crippen molar-refractivity contribution in [1.82, 2.24) is 5.32 Å². The highest BCUT2D eigenvalue weighted by atomic mass is 79.9. The van der Waals surface area contributed by atoms with Crippen LogP contribution in [0, 0.1) is 5.92 Å².